The van der Waals surface area contributed by atoms with Crippen molar-refractivity contribution < 1.29 is 22.7 Å². The Morgan fingerprint density at radius 1 is 1.25 bits per heavy atom. The smallest absolute Gasteiger partial charge is 0.416 e. The second-order valence-electron chi connectivity index (χ2n) is 5.50. The van der Waals surface area contributed by atoms with Gasteiger partial charge in [-0.2, -0.15) is 13.2 Å². The van der Waals surface area contributed by atoms with Crippen molar-refractivity contribution in [2.75, 3.05) is 5.73 Å². The summed E-state index contributed by atoms with van der Waals surface area (Å²) >= 11 is 0. The molecule has 1 rings (SSSR count). The van der Waals surface area contributed by atoms with Crippen LogP contribution in [0.5, 0.6) is 0 Å². The largest absolute Gasteiger partial charge is 0.460 e. The third-order valence-electron chi connectivity index (χ3n) is 2.46. The van der Waals surface area contributed by atoms with E-state index in [-0.39, 0.29) is 24.1 Å². The minimum absolute atomic E-state index is 0.0377. The zero-order valence-electron chi connectivity index (χ0n) is 11.7. The van der Waals surface area contributed by atoms with E-state index in [1.54, 1.807) is 20.8 Å². The van der Waals surface area contributed by atoms with Crippen molar-refractivity contribution in [1.82, 2.24) is 0 Å². The van der Waals surface area contributed by atoms with Gasteiger partial charge >= 0.3 is 12.1 Å². The van der Waals surface area contributed by atoms with Gasteiger partial charge in [-0.25, -0.2) is 0 Å². The maximum atomic E-state index is 12.9. The number of anilines is 1. The summed E-state index contributed by atoms with van der Waals surface area (Å²) in [7, 11) is 0. The summed E-state index contributed by atoms with van der Waals surface area (Å²) in [5.41, 5.74) is 4.00. The van der Waals surface area contributed by atoms with Gasteiger partial charge in [0.15, 0.2) is 0 Å². The lowest BCUT2D eigenvalue weighted by molar-refractivity contribution is -0.155. The van der Waals surface area contributed by atoms with Crippen molar-refractivity contribution in [3.8, 4) is 0 Å². The minimum atomic E-state index is -4.49. The maximum Gasteiger partial charge on any atom is 0.416 e. The molecule has 0 atom stereocenters. The lowest BCUT2D eigenvalue weighted by Gasteiger charge is -2.20. The highest BCUT2D eigenvalue weighted by Gasteiger charge is 2.33. The normalized spacial score (nSPS) is 12.3. The van der Waals surface area contributed by atoms with E-state index in [1.807, 2.05) is 0 Å². The van der Waals surface area contributed by atoms with Gasteiger partial charge in [-0.15, -0.1) is 0 Å². The maximum absolute atomic E-state index is 12.9. The van der Waals surface area contributed by atoms with E-state index >= 15 is 0 Å². The molecule has 0 amide bonds. The fourth-order valence-electron chi connectivity index (χ4n) is 1.71. The SMILES string of the molecule is CC(C)(C)OC(=O)CCc1ccc(N)cc1C(F)(F)F. The number of aryl methyl sites for hydroxylation is 1. The standard InChI is InChI=1S/C14H18F3NO2/c1-13(2,3)20-12(19)7-5-9-4-6-10(18)8-11(9)14(15,16)17/h4,6,8H,5,7,18H2,1-3H3. The third kappa shape index (κ3) is 5.11. The van der Waals surface area contributed by atoms with E-state index in [4.69, 9.17) is 10.5 Å². The monoisotopic (exact) mass is 289 g/mol. The molecule has 0 fully saturated rings. The van der Waals surface area contributed by atoms with Crippen LogP contribution in [0.25, 0.3) is 0 Å². The number of halogens is 3. The molecule has 112 valence electrons. The molecule has 0 bridgehead atoms. The Hall–Kier alpha value is -1.72. The van der Waals surface area contributed by atoms with Crippen LogP contribution in [0.3, 0.4) is 0 Å². The summed E-state index contributed by atoms with van der Waals surface area (Å²) in [6.07, 6.45) is -4.63. The zero-order chi connectivity index (χ0) is 15.6. The van der Waals surface area contributed by atoms with E-state index in [1.165, 1.54) is 12.1 Å². The average molecular weight is 289 g/mol. The summed E-state index contributed by atoms with van der Waals surface area (Å²) in [6.45, 7) is 5.11. The number of alkyl halides is 3. The Morgan fingerprint density at radius 3 is 2.35 bits per heavy atom. The first kappa shape index (κ1) is 16.3. The van der Waals surface area contributed by atoms with Crippen LogP contribution in [0.4, 0.5) is 18.9 Å². The van der Waals surface area contributed by atoms with Crippen LogP contribution >= 0.6 is 0 Å². The third-order valence-corrected chi connectivity index (χ3v) is 2.46. The first-order valence-corrected chi connectivity index (χ1v) is 6.16. The molecule has 0 spiro atoms. The Kier molecular flexibility index (Phi) is 4.68. The summed E-state index contributed by atoms with van der Waals surface area (Å²) < 4.78 is 43.6. The number of hydrogen-bond acceptors (Lipinski definition) is 3. The predicted molar refractivity (Wildman–Crippen MR) is 70.0 cm³/mol. The molecule has 0 aliphatic rings. The molecule has 2 N–H and O–H groups in total. The number of esters is 1. The molecule has 0 heterocycles. The summed E-state index contributed by atoms with van der Waals surface area (Å²) in [6, 6.07) is 3.56. The number of carbonyl (C=O) groups is 1. The Morgan fingerprint density at radius 2 is 1.85 bits per heavy atom. The van der Waals surface area contributed by atoms with Crippen molar-refractivity contribution in [2.45, 2.75) is 45.4 Å². The van der Waals surface area contributed by atoms with Crippen LogP contribution in [0, 0.1) is 0 Å². The summed E-state index contributed by atoms with van der Waals surface area (Å²) in [5.74, 6) is -0.526. The minimum Gasteiger partial charge on any atom is -0.460 e. The van der Waals surface area contributed by atoms with Crippen molar-refractivity contribution in [1.29, 1.82) is 0 Å². The first-order chi connectivity index (χ1) is 8.99. The summed E-state index contributed by atoms with van der Waals surface area (Å²) in [5, 5.41) is 0. The molecule has 20 heavy (non-hydrogen) atoms. The molecule has 0 saturated carbocycles. The molecule has 0 unspecified atom stereocenters. The molecule has 0 aromatic heterocycles. The van der Waals surface area contributed by atoms with E-state index in [0.717, 1.165) is 6.07 Å². The van der Waals surface area contributed by atoms with Crippen LogP contribution in [-0.4, -0.2) is 11.6 Å². The van der Waals surface area contributed by atoms with Gasteiger partial charge in [0.1, 0.15) is 5.60 Å². The van der Waals surface area contributed by atoms with Gasteiger partial charge in [0.25, 0.3) is 0 Å². The molecule has 3 nitrogen and oxygen atoms in total. The van der Waals surface area contributed by atoms with Gasteiger partial charge in [0.05, 0.1) is 5.56 Å². The van der Waals surface area contributed by atoms with Gasteiger partial charge in [-0.1, -0.05) is 6.07 Å². The molecular weight excluding hydrogens is 271 g/mol. The Bertz CT molecular complexity index is 490. The summed E-state index contributed by atoms with van der Waals surface area (Å²) in [4.78, 5) is 11.5. The number of rotatable bonds is 3. The predicted octanol–water partition coefficient (Wildman–Crippen LogP) is 3.56. The van der Waals surface area contributed by atoms with E-state index in [0.29, 0.717) is 0 Å². The van der Waals surface area contributed by atoms with Crippen LogP contribution in [-0.2, 0) is 22.1 Å². The number of nitrogens with two attached hydrogens (primary N) is 1. The number of ether oxygens (including phenoxy) is 1. The van der Waals surface area contributed by atoms with Gasteiger partial charge in [-0.05, 0) is 44.9 Å². The number of nitrogen functional groups attached to an aromatic ring is 1. The van der Waals surface area contributed by atoms with Crippen LogP contribution < -0.4 is 5.73 Å². The second kappa shape index (κ2) is 5.73. The van der Waals surface area contributed by atoms with Gasteiger partial charge in [0.2, 0.25) is 0 Å². The van der Waals surface area contributed by atoms with Gasteiger partial charge < -0.3 is 10.5 Å². The molecule has 1 aromatic carbocycles. The average Bonchev–Trinajstić information content (AvgIpc) is 2.23. The number of benzene rings is 1. The molecule has 1 aromatic rings. The fraction of sp³-hybridized carbons (Fsp3) is 0.500. The highest BCUT2D eigenvalue weighted by atomic mass is 19.4. The quantitative estimate of drug-likeness (QED) is 0.683. The molecule has 0 aliphatic carbocycles. The van der Waals surface area contributed by atoms with Crippen molar-refractivity contribution >= 4 is 11.7 Å². The van der Waals surface area contributed by atoms with Crippen molar-refractivity contribution in [2.24, 2.45) is 0 Å². The topological polar surface area (TPSA) is 52.3 Å². The second-order valence-corrected chi connectivity index (χ2v) is 5.50. The van der Waals surface area contributed by atoms with E-state index < -0.39 is 23.3 Å². The molecule has 6 heteroatoms. The van der Waals surface area contributed by atoms with Crippen molar-refractivity contribution in [3.05, 3.63) is 29.3 Å². The molecule has 0 radical (unpaired) electrons. The molecule has 0 aliphatic heterocycles. The zero-order valence-corrected chi connectivity index (χ0v) is 11.7. The highest BCUT2D eigenvalue weighted by molar-refractivity contribution is 5.70. The fourth-order valence-corrected chi connectivity index (χ4v) is 1.71. The van der Waals surface area contributed by atoms with E-state index in [2.05, 4.69) is 0 Å². The lowest BCUT2D eigenvalue weighted by atomic mass is 10.0. The van der Waals surface area contributed by atoms with Gasteiger partial charge in [-0.3, -0.25) is 4.79 Å². The number of carbonyl (C=O) groups excluding carboxylic acids is 1. The van der Waals surface area contributed by atoms with Crippen LogP contribution in [0.2, 0.25) is 0 Å². The van der Waals surface area contributed by atoms with E-state index in [9.17, 15) is 18.0 Å². The lowest BCUT2D eigenvalue weighted by Crippen LogP contribution is -2.24. The molecule has 0 saturated heterocycles. The Labute approximate surface area is 115 Å². The Balaban J connectivity index is 2.81. The van der Waals surface area contributed by atoms with Crippen LogP contribution in [0.15, 0.2) is 18.2 Å². The first-order valence-electron chi connectivity index (χ1n) is 6.16. The highest BCUT2D eigenvalue weighted by Crippen LogP contribution is 2.33. The van der Waals surface area contributed by atoms with Gasteiger partial charge in [0, 0.05) is 12.1 Å². The van der Waals surface area contributed by atoms with Crippen molar-refractivity contribution in [3.63, 3.8) is 0 Å². The number of hydrogen-bond donors (Lipinski definition) is 1. The van der Waals surface area contributed by atoms with Crippen LogP contribution in [0.1, 0.15) is 38.3 Å². The molecular formula is C14H18F3NO2.